The smallest absolute Gasteiger partial charge is 0.153 e. The molecular formula is C9H12ClN3O2S. The average Bonchev–Trinajstić information content (AvgIpc) is 2.29. The van der Waals surface area contributed by atoms with Crippen molar-refractivity contribution in [1.82, 2.24) is 10.2 Å². The molecule has 0 atom stereocenters. The summed E-state index contributed by atoms with van der Waals surface area (Å²) < 4.78 is 22.5. The van der Waals surface area contributed by atoms with Crippen LogP contribution in [0.4, 0.5) is 5.82 Å². The largest absolute Gasteiger partial charge is 0.353 e. The van der Waals surface area contributed by atoms with Crippen LogP contribution in [0.3, 0.4) is 0 Å². The van der Waals surface area contributed by atoms with Gasteiger partial charge in [0.1, 0.15) is 0 Å². The maximum Gasteiger partial charge on any atom is 0.153 e. The summed E-state index contributed by atoms with van der Waals surface area (Å²) >= 11 is 5.61. The van der Waals surface area contributed by atoms with Crippen molar-refractivity contribution < 1.29 is 8.42 Å². The van der Waals surface area contributed by atoms with Crippen molar-refractivity contribution in [2.75, 3.05) is 29.5 Å². The van der Waals surface area contributed by atoms with Gasteiger partial charge in [-0.15, -0.1) is 16.7 Å². The first-order chi connectivity index (χ1) is 7.61. The quantitative estimate of drug-likeness (QED) is 0.724. The van der Waals surface area contributed by atoms with Crippen LogP contribution in [-0.4, -0.2) is 43.2 Å². The lowest BCUT2D eigenvalue weighted by atomic mass is 10.4. The van der Waals surface area contributed by atoms with Crippen LogP contribution in [0.15, 0.2) is 12.1 Å². The van der Waals surface area contributed by atoms with Gasteiger partial charge in [-0.2, -0.15) is 5.10 Å². The van der Waals surface area contributed by atoms with E-state index in [-0.39, 0.29) is 11.5 Å². The van der Waals surface area contributed by atoms with Gasteiger partial charge in [0.15, 0.2) is 15.7 Å². The molecule has 1 aliphatic heterocycles. The van der Waals surface area contributed by atoms with E-state index in [1.54, 1.807) is 6.07 Å². The molecule has 16 heavy (non-hydrogen) atoms. The number of hydrogen-bond donors (Lipinski definition) is 0. The minimum absolute atomic E-state index is 0.186. The standard InChI is InChI=1S/C9H12ClN3O2S/c10-7-8-1-2-9(12-11-8)13-3-5-16(14,15)6-4-13/h1-2H,3-7H2. The summed E-state index contributed by atoms with van der Waals surface area (Å²) in [7, 11) is -2.85. The molecule has 0 radical (unpaired) electrons. The van der Waals surface area contributed by atoms with Gasteiger partial charge in [0, 0.05) is 13.1 Å². The minimum Gasteiger partial charge on any atom is -0.353 e. The Labute approximate surface area is 99.3 Å². The number of sulfone groups is 1. The molecule has 1 aromatic rings. The lowest BCUT2D eigenvalue weighted by molar-refractivity contribution is 0.586. The van der Waals surface area contributed by atoms with E-state index in [9.17, 15) is 8.42 Å². The summed E-state index contributed by atoms with van der Waals surface area (Å²) in [5.74, 6) is 1.42. The molecule has 1 fully saturated rings. The Hall–Kier alpha value is -0.880. The predicted molar refractivity (Wildman–Crippen MR) is 62.5 cm³/mol. The van der Waals surface area contributed by atoms with Crippen LogP contribution in [-0.2, 0) is 15.7 Å². The van der Waals surface area contributed by atoms with E-state index in [0.29, 0.717) is 24.8 Å². The first-order valence-electron chi connectivity index (χ1n) is 4.95. The molecule has 0 saturated carbocycles. The third-order valence-electron chi connectivity index (χ3n) is 2.51. The molecule has 1 aliphatic rings. The van der Waals surface area contributed by atoms with Crippen LogP contribution in [0.5, 0.6) is 0 Å². The van der Waals surface area contributed by atoms with Crippen molar-refractivity contribution in [1.29, 1.82) is 0 Å². The molecule has 0 aliphatic carbocycles. The number of hydrogen-bond acceptors (Lipinski definition) is 5. The molecule has 0 amide bonds. The molecule has 1 aromatic heterocycles. The second-order valence-electron chi connectivity index (χ2n) is 3.66. The van der Waals surface area contributed by atoms with Gasteiger partial charge in [-0.3, -0.25) is 0 Å². The molecule has 0 spiro atoms. The summed E-state index contributed by atoms with van der Waals surface area (Å²) in [4.78, 5) is 1.92. The van der Waals surface area contributed by atoms with Crippen molar-refractivity contribution in [2.45, 2.75) is 5.88 Å². The lowest BCUT2D eigenvalue weighted by Gasteiger charge is -2.27. The molecule has 2 rings (SSSR count). The molecule has 0 aromatic carbocycles. The number of rotatable bonds is 2. The highest BCUT2D eigenvalue weighted by Crippen LogP contribution is 2.14. The van der Waals surface area contributed by atoms with Crippen LogP contribution < -0.4 is 4.90 Å². The molecule has 5 nitrogen and oxygen atoms in total. The second kappa shape index (κ2) is 4.55. The summed E-state index contributed by atoms with van der Waals surface area (Å²) in [6.07, 6.45) is 0. The molecule has 2 heterocycles. The fraction of sp³-hybridized carbons (Fsp3) is 0.556. The molecular weight excluding hydrogens is 250 g/mol. The van der Waals surface area contributed by atoms with E-state index in [1.165, 1.54) is 0 Å². The molecule has 0 bridgehead atoms. The Balaban J connectivity index is 2.08. The predicted octanol–water partition coefficient (Wildman–Crippen LogP) is 0.450. The number of anilines is 1. The SMILES string of the molecule is O=S1(=O)CCN(c2ccc(CCl)nn2)CC1. The lowest BCUT2D eigenvalue weighted by Crippen LogP contribution is -2.40. The van der Waals surface area contributed by atoms with Crippen LogP contribution >= 0.6 is 11.6 Å². The zero-order valence-corrected chi connectivity index (χ0v) is 10.2. The normalized spacial score (nSPS) is 19.7. The van der Waals surface area contributed by atoms with E-state index in [1.807, 2.05) is 11.0 Å². The summed E-state index contributed by atoms with van der Waals surface area (Å²) in [6.45, 7) is 0.967. The van der Waals surface area contributed by atoms with Gasteiger partial charge in [0.05, 0.1) is 23.1 Å². The molecule has 7 heteroatoms. The number of halogens is 1. The Morgan fingerprint density at radius 1 is 1.25 bits per heavy atom. The average molecular weight is 262 g/mol. The van der Waals surface area contributed by atoms with Gasteiger partial charge < -0.3 is 4.90 Å². The van der Waals surface area contributed by atoms with Gasteiger partial charge in [-0.05, 0) is 12.1 Å². The number of aromatic nitrogens is 2. The minimum atomic E-state index is -2.85. The first-order valence-corrected chi connectivity index (χ1v) is 7.30. The van der Waals surface area contributed by atoms with Crippen molar-refractivity contribution in [3.8, 4) is 0 Å². The third kappa shape index (κ3) is 2.62. The maximum atomic E-state index is 11.2. The fourth-order valence-corrected chi connectivity index (χ4v) is 2.88. The second-order valence-corrected chi connectivity index (χ2v) is 6.23. The van der Waals surface area contributed by atoms with Crippen LogP contribution in [0.1, 0.15) is 5.69 Å². The molecule has 0 unspecified atom stereocenters. The van der Waals surface area contributed by atoms with Gasteiger partial charge >= 0.3 is 0 Å². The topological polar surface area (TPSA) is 63.2 Å². The van der Waals surface area contributed by atoms with Gasteiger partial charge in [-0.25, -0.2) is 8.42 Å². The van der Waals surface area contributed by atoms with Crippen molar-refractivity contribution >= 4 is 27.3 Å². The highest BCUT2D eigenvalue weighted by atomic mass is 35.5. The van der Waals surface area contributed by atoms with Gasteiger partial charge in [0.25, 0.3) is 0 Å². The van der Waals surface area contributed by atoms with Crippen molar-refractivity contribution in [2.24, 2.45) is 0 Å². The monoisotopic (exact) mass is 261 g/mol. The van der Waals surface area contributed by atoms with E-state index in [2.05, 4.69) is 10.2 Å². The van der Waals surface area contributed by atoms with E-state index in [0.717, 1.165) is 5.69 Å². The summed E-state index contributed by atoms with van der Waals surface area (Å²) in [5, 5.41) is 7.95. The van der Waals surface area contributed by atoms with Gasteiger partial charge in [-0.1, -0.05) is 0 Å². The Morgan fingerprint density at radius 3 is 2.44 bits per heavy atom. The summed E-state index contributed by atoms with van der Waals surface area (Å²) in [5.41, 5.74) is 0.718. The highest BCUT2D eigenvalue weighted by Gasteiger charge is 2.22. The van der Waals surface area contributed by atoms with Gasteiger partial charge in [0.2, 0.25) is 0 Å². The Morgan fingerprint density at radius 2 is 1.94 bits per heavy atom. The van der Waals surface area contributed by atoms with Crippen LogP contribution in [0, 0.1) is 0 Å². The molecule has 1 saturated heterocycles. The first kappa shape index (κ1) is 11.6. The van der Waals surface area contributed by atoms with E-state index in [4.69, 9.17) is 11.6 Å². The van der Waals surface area contributed by atoms with Crippen molar-refractivity contribution in [3.05, 3.63) is 17.8 Å². The third-order valence-corrected chi connectivity index (χ3v) is 4.39. The van der Waals surface area contributed by atoms with E-state index >= 15 is 0 Å². The van der Waals surface area contributed by atoms with Crippen LogP contribution in [0.2, 0.25) is 0 Å². The maximum absolute atomic E-state index is 11.2. The Bertz CT molecular complexity index is 446. The molecule has 88 valence electrons. The Kier molecular flexibility index (Phi) is 3.30. The van der Waals surface area contributed by atoms with E-state index < -0.39 is 9.84 Å². The summed E-state index contributed by atoms with van der Waals surface area (Å²) in [6, 6.07) is 3.63. The zero-order valence-electron chi connectivity index (χ0n) is 8.63. The molecule has 0 N–H and O–H groups in total. The van der Waals surface area contributed by atoms with Crippen molar-refractivity contribution in [3.63, 3.8) is 0 Å². The number of alkyl halides is 1. The highest BCUT2D eigenvalue weighted by molar-refractivity contribution is 7.91. The zero-order chi connectivity index (χ0) is 11.6. The number of nitrogens with zero attached hydrogens (tertiary/aromatic N) is 3. The fourth-order valence-electron chi connectivity index (χ4n) is 1.53. The van der Waals surface area contributed by atoms with Crippen LogP contribution in [0.25, 0.3) is 0 Å².